The number of aliphatic hydroxyl groups is 1. The fraction of sp³-hybridized carbons (Fsp3) is 0.455. The van der Waals surface area contributed by atoms with Gasteiger partial charge in [-0.3, -0.25) is 0 Å². The van der Waals surface area contributed by atoms with E-state index >= 15 is 0 Å². The molecule has 0 saturated carbocycles. The van der Waals surface area contributed by atoms with Gasteiger partial charge < -0.3 is 10.6 Å². The number of hydrogen-bond donors (Lipinski definition) is 1. The SMILES string of the molecule is CC1(O)CCCc2ccccc21.O. The minimum absolute atomic E-state index is 0. The van der Waals surface area contributed by atoms with E-state index < -0.39 is 5.60 Å². The molecular formula is C11H16O2. The van der Waals surface area contributed by atoms with E-state index in [1.807, 2.05) is 25.1 Å². The molecule has 0 bridgehead atoms. The van der Waals surface area contributed by atoms with Gasteiger partial charge in [0.1, 0.15) is 0 Å². The Morgan fingerprint density at radius 1 is 1.31 bits per heavy atom. The van der Waals surface area contributed by atoms with Crippen molar-refractivity contribution in [3.05, 3.63) is 35.4 Å². The summed E-state index contributed by atoms with van der Waals surface area (Å²) in [7, 11) is 0. The zero-order chi connectivity index (χ0) is 8.60. The van der Waals surface area contributed by atoms with Crippen molar-refractivity contribution in [2.45, 2.75) is 31.8 Å². The summed E-state index contributed by atoms with van der Waals surface area (Å²) in [6.07, 6.45) is 3.11. The second-order valence-electron chi connectivity index (χ2n) is 3.78. The quantitative estimate of drug-likeness (QED) is 0.644. The predicted octanol–water partition coefficient (Wildman–Crippen LogP) is 1.41. The zero-order valence-corrected chi connectivity index (χ0v) is 7.88. The van der Waals surface area contributed by atoms with Crippen molar-refractivity contribution in [2.24, 2.45) is 0 Å². The fourth-order valence-corrected chi connectivity index (χ4v) is 2.02. The second kappa shape index (κ2) is 3.48. The van der Waals surface area contributed by atoms with Gasteiger partial charge >= 0.3 is 0 Å². The lowest BCUT2D eigenvalue weighted by Gasteiger charge is -2.30. The maximum Gasteiger partial charge on any atom is 0.0871 e. The van der Waals surface area contributed by atoms with Gasteiger partial charge in [-0.25, -0.2) is 0 Å². The van der Waals surface area contributed by atoms with Crippen molar-refractivity contribution in [2.75, 3.05) is 0 Å². The first-order valence-electron chi connectivity index (χ1n) is 4.51. The molecule has 2 nitrogen and oxygen atoms in total. The second-order valence-corrected chi connectivity index (χ2v) is 3.78. The molecule has 0 saturated heterocycles. The van der Waals surface area contributed by atoms with Crippen LogP contribution in [0.2, 0.25) is 0 Å². The highest BCUT2D eigenvalue weighted by atomic mass is 16.3. The maximum atomic E-state index is 10.0. The molecule has 0 radical (unpaired) electrons. The number of rotatable bonds is 0. The van der Waals surface area contributed by atoms with E-state index in [4.69, 9.17) is 0 Å². The Kier molecular flexibility index (Phi) is 2.74. The van der Waals surface area contributed by atoms with Gasteiger partial charge in [0.2, 0.25) is 0 Å². The van der Waals surface area contributed by atoms with Crippen LogP contribution in [0, 0.1) is 0 Å². The van der Waals surface area contributed by atoms with E-state index in [9.17, 15) is 5.11 Å². The van der Waals surface area contributed by atoms with Crippen molar-refractivity contribution in [1.82, 2.24) is 0 Å². The van der Waals surface area contributed by atoms with Crippen molar-refractivity contribution in [3.63, 3.8) is 0 Å². The Morgan fingerprint density at radius 3 is 2.69 bits per heavy atom. The standard InChI is InChI=1S/C11H14O.H2O/c1-11(12)8-4-6-9-5-2-3-7-10(9)11;/h2-3,5,7,12H,4,6,8H2,1H3;1H2. The normalized spacial score (nSPS) is 26.0. The summed E-state index contributed by atoms with van der Waals surface area (Å²) in [5, 5.41) is 10.0. The van der Waals surface area contributed by atoms with Crippen LogP contribution in [0.25, 0.3) is 0 Å². The molecule has 0 aliphatic heterocycles. The highest BCUT2D eigenvalue weighted by molar-refractivity contribution is 5.33. The third-order valence-electron chi connectivity index (χ3n) is 2.71. The number of aryl methyl sites for hydroxylation is 1. The largest absolute Gasteiger partial charge is 0.412 e. The highest BCUT2D eigenvalue weighted by Crippen LogP contribution is 2.34. The summed E-state index contributed by atoms with van der Waals surface area (Å²) in [6.45, 7) is 1.91. The smallest absolute Gasteiger partial charge is 0.0871 e. The monoisotopic (exact) mass is 180 g/mol. The lowest BCUT2D eigenvalue weighted by molar-refractivity contribution is 0.0387. The number of fused-ring (bicyclic) bond motifs is 1. The number of hydrogen-bond acceptors (Lipinski definition) is 1. The fourth-order valence-electron chi connectivity index (χ4n) is 2.02. The first-order chi connectivity index (χ1) is 5.70. The maximum absolute atomic E-state index is 10.0. The van der Waals surface area contributed by atoms with E-state index in [0.717, 1.165) is 24.8 Å². The minimum atomic E-state index is -0.588. The molecule has 2 heteroatoms. The molecule has 0 amide bonds. The molecule has 1 aliphatic carbocycles. The third-order valence-corrected chi connectivity index (χ3v) is 2.71. The molecule has 13 heavy (non-hydrogen) atoms. The summed E-state index contributed by atoms with van der Waals surface area (Å²) in [5.74, 6) is 0. The van der Waals surface area contributed by atoms with E-state index in [1.165, 1.54) is 5.56 Å². The van der Waals surface area contributed by atoms with Crippen LogP contribution in [-0.2, 0) is 12.0 Å². The number of benzene rings is 1. The molecule has 0 heterocycles. The van der Waals surface area contributed by atoms with E-state index in [2.05, 4.69) is 6.07 Å². The molecule has 2 rings (SSSR count). The third kappa shape index (κ3) is 1.74. The van der Waals surface area contributed by atoms with Gasteiger partial charge in [-0.15, -0.1) is 0 Å². The van der Waals surface area contributed by atoms with Crippen LogP contribution in [-0.4, -0.2) is 10.6 Å². The molecule has 1 aliphatic rings. The molecule has 0 spiro atoms. The van der Waals surface area contributed by atoms with Crippen LogP contribution in [0.4, 0.5) is 0 Å². The Hall–Kier alpha value is -0.860. The van der Waals surface area contributed by atoms with Gasteiger partial charge in [-0.2, -0.15) is 0 Å². The van der Waals surface area contributed by atoms with Crippen molar-refractivity contribution < 1.29 is 10.6 Å². The summed E-state index contributed by atoms with van der Waals surface area (Å²) in [6, 6.07) is 8.19. The average Bonchev–Trinajstić information content (AvgIpc) is 2.04. The van der Waals surface area contributed by atoms with Gasteiger partial charge in [0.15, 0.2) is 0 Å². The van der Waals surface area contributed by atoms with E-state index in [-0.39, 0.29) is 5.48 Å². The van der Waals surface area contributed by atoms with Gasteiger partial charge in [0.25, 0.3) is 0 Å². The molecule has 1 unspecified atom stereocenters. The summed E-state index contributed by atoms with van der Waals surface area (Å²) in [4.78, 5) is 0. The lowest BCUT2D eigenvalue weighted by atomic mass is 9.80. The first kappa shape index (κ1) is 10.2. The summed E-state index contributed by atoms with van der Waals surface area (Å²) >= 11 is 0. The van der Waals surface area contributed by atoms with E-state index in [0.29, 0.717) is 0 Å². The molecule has 72 valence electrons. The predicted molar refractivity (Wildman–Crippen MR) is 52.6 cm³/mol. The minimum Gasteiger partial charge on any atom is -0.412 e. The highest BCUT2D eigenvalue weighted by Gasteiger charge is 2.28. The molecule has 1 aromatic rings. The lowest BCUT2D eigenvalue weighted by Crippen LogP contribution is -2.26. The molecule has 0 fully saturated rings. The van der Waals surface area contributed by atoms with E-state index in [1.54, 1.807) is 0 Å². The van der Waals surface area contributed by atoms with Crippen molar-refractivity contribution in [3.8, 4) is 0 Å². The first-order valence-corrected chi connectivity index (χ1v) is 4.51. The van der Waals surface area contributed by atoms with Crippen molar-refractivity contribution >= 4 is 0 Å². The van der Waals surface area contributed by atoms with Crippen LogP contribution >= 0.6 is 0 Å². The summed E-state index contributed by atoms with van der Waals surface area (Å²) in [5.41, 5.74) is 1.85. The molecule has 3 N–H and O–H groups in total. The van der Waals surface area contributed by atoms with Crippen LogP contribution in [0.15, 0.2) is 24.3 Å². The van der Waals surface area contributed by atoms with Crippen LogP contribution < -0.4 is 0 Å². The molecule has 0 aromatic heterocycles. The van der Waals surface area contributed by atoms with Crippen molar-refractivity contribution in [1.29, 1.82) is 0 Å². The van der Waals surface area contributed by atoms with Gasteiger partial charge in [-0.1, -0.05) is 24.3 Å². The molecule has 1 atom stereocenters. The Balaban J connectivity index is 0.000000845. The van der Waals surface area contributed by atoms with Gasteiger partial charge in [-0.05, 0) is 37.3 Å². The topological polar surface area (TPSA) is 51.7 Å². The zero-order valence-electron chi connectivity index (χ0n) is 7.88. The van der Waals surface area contributed by atoms with Gasteiger partial charge in [0, 0.05) is 0 Å². The summed E-state index contributed by atoms with van der Waals surface area (Å²) < 4.78 is 0. The molecular weight excluding hydrogens is 164 g/mol. The average molecular weight is 180 g/mol. The van der Waals surface area contributed by atoms with Crippen LogP contribution in [0.3, 0.4) is 0 Å². The van der Waals surface area contributed by atoms with Gasteiger partial charge in [0.05, 0.1) is 5.60 Å². The Morgan fingerprint density at radius 2 is 2.00 bits per heavy atom. The van der Waals surface area contributed by atoms with Crippen LogP contribution in [0.1, 0.15) is 30.9 Å². The Labute approximate surface area is 78.5 Å². The molecule has 1 aromatic carbocycles. The van der Waals surface area contributed by atoms with Crippen LogP contribution in [0.5, 0.6) is 0 Å². The Bertz CT molecular complexity index is 292.